The minimum absolute atomic E-state index is 0.0502. The minimum atomic E-state index is -1.73. The molecule has 1 aromatic heterocycles. The van der Waals surface area contributed by atoms with Crippen molar-refractivity contribution in [1.29, 1.82) is 0 Å². The first-order chi connectivity index (χ1) is 10.7. The molecule has 124 valence electrons. The highest BCUT2D eigenvalue weighted by Gasteiger charge is 2.24. The molecule has 1 aromatic carbocycles. The van der Waals surface area contributed by atoms with Crippen LogP contribution in [0.5, 0.6) is 5.75 Å². The summed E-state index contributed by atoms with van der Waals surface area (Å²) < 4.78 is 32.5. The van der Waals surface area contributed by atoms with Gasteiger partial charge in [0.05, 0.1) is 6.04 Å². The molecule has 0 amide bonds. The molecule has 0 saturated carbocycles. The Hall–Kier alpha value is -2.51. The third kappa shape index (κ3) is 5.01. The number of benzene rings is 1. The van der Waals surface area contributed by atoms with Crippen molar-refractivity contribution >= 4 is 11.9 Å². The highest BCUT2D eigenvalue weighted by atomic mass is 19.1. The van der Waals surface area contributed by atoms with E-state index in [9.17, 15) is 8.78 Å². The maximum atomic E-state index is 13.9. The highest BCUT2D eigenvalue weighted by Crippen LogP contribution is 2.22. The predicted molar refractivity (Wildman–Crippen MR) is 83.4 cm³/mol. The summed E-state index contributed by atoms with van der Waals surface area (Å²) in [6.45, 7) is 4.73. The van der Waals surface area contributed by atoms with E-state index in [0.717, 1.165) is 0 Å². The van der Waals surface area contributed by atoms with Crippen LogP contribution in [-0.2, 0) is 5.67 Å². The van der Waals surface area contributed by atoms with Gasteiger partial charge in [-0.1, -0.05) is 6.07 Å². The molecule has 6 nitrogen and oxygen atoms in total. The van der Waals surface area contributed by atoms with Crippen molar-refractivity contribution in [2.45, 2.75) is 32.5 Å². The Morgan fingerprint density at radius 1 is 1.30 bits per heavy atom. The molecule has 1 unspecified atom stereocenters. The zero-order valence-corrected chi connectivity index (χ0v) is 13.2. The molecule has 3 N–H and O–H groups in total. The first kappa shape index (κ1) is 16.9. The smallest absolute Gasteiger partial charge is 0.228 e. The Balaban J connectivity index is 2.00. The fourth-order valence-electron chi connectivity index (χ4n) is 1.76. The minimum Gasteiger partial charge on any atom is -0.491 e. The lowest BCUT2D eigenvalue weighted by molar-refractivity contribution is 0.206. The summed E-state index contributed by atoms with van der Waals surface area (Å²) in [7, 11) is 0. The van der Waals surface area contributed by atoms with Gasteiger partial charge in [0.25, 0.3) is 0 Å². The molecule has 23 heavy (non-hydrogen) atoms. The molecule has 1 heterocycles. The van der Waals surface area contributed by atoms with E-state index in [2.05, 4.69) is 20.3 Å². The number of nitrogens with two attached hydrogens (primary N) is 1. The molecular weight excluding hydrogens is 304 g/mol. The Bertz CT molecular complexity index is 675. The number of nitrogen functional groups attached to an aromatic ring is 1. The Kier molecular flexibility index (Phi) is 4.92. The van der Waals surface area contributed by atoms with Gasteiger partial charge in [0.1, 0.15) is 18.2 Å². The molecule has 2 aromatic rings. The molecule has 8 heteroatoms. The lowest BCUT2D eigenvalue weighted by Gasteiger charge is -2.17. The topological polar surface area (TPSA) is 86.0 Å². The van der Waals surface area contributed by atoms with Crippen LogP contribution in [0, 0.1) is 5.82 Å². The second-order valence-electron chi connectivity index (χ2n) is 5.63. The molecule has 0 aliphatic rings. The number of hydrogen-bond donors (Lipinski definition) is 2. The second-order valence-corrected chi connectivity index (χ2v) is 5.63. The van der Waals surface area contributed by atoms with Crippen LogP contribution < -0.4 is 15.8 Å². The van der Waals surface area contributed by atoms with E-state index in [0.29, 0.717) is 5.75 Å². The molecule has 0 saturated heterocycles. The third-order valence-electron chi connectivity index (χ3n) is 2.86. The van der Waals surface area contributed by atoms with Gasteiger partial charge in [-0.3, -0.25) is 0 Å². The van der Waals surface area contributed by atoms with Gasteiger partial charge in [0.2, 0.25) is 11.9 Å². The molecule has 0 radical (unpaired) electrons. The Labute approximate surface area is 133 Å². The van der Waals surface area contributed by atoms with Crippen LogP contribution in [-0.4, -0.2) is 27.6 Å². The zero-order valence-electron chi connectivity index (χ0n) is 13.2. The number of nitrogens with one attached hydrogen (secondary N) is 1. The fraction of sp³-hybridized carbons (Fsp3) is 0.400. The van der Waals surface area contributed by atoms with Gasteiger partial charge >= 0.3 is 0 Å². The third-order valence-corrected chi connectivity index (χ3v) is 2.86. The van der Waals surface area contributed by atoms with Crippen molar-refractivity contribution in [2.24, 2.45) is 0 Å². The van der Waals surface area contributed by atoms with Gasteiger partial charge in [0.15, 0.2) is 11.5 Å². The zero-order chi connectivity index (χ0) is 17.0. The highest BCUT2D eigenvalue weighted by molar-refractivity contribution is 5.33. The van der Waals surface area contributed by atoms with Crippen LogP contribution in [0.1, 0.15) is 26.6 Å². The maximum absolute atomic E-state index is 13.9. The quantitative estimate of drug-likeness (QED) is 0.850. The molecule has 1 atom stereocenters. The maximum Gasteiger partial charge on any atom is 0.228 e. The van der Waals surface area contributed by atoms with E-state index < -0.39 is 5.67 Å². The second kappa shape index (κ2) is 6.72. The largest absolute Gasteiger partial charge is 0.491 e. The van der Waals surface area contributed by atoms with Crippen molar-refractivity contribution in [3.8, 4) is 5.75 Å². The van der Waals surface area contributed by atoms with Crippen LogP contribution in [0.25, 0.3) is 0 Å². The van der Waals surface area contributed by atoms with Gasteiger partial charge in [-0.2, -0.15) is 15.0 Å². The van der Waals surface area contributed by atoms with E-state index in [1.54, 1.807) is 12.1 Å². The monoisotopic (exact) mass is 323 g/mol. The standard InChI is InChI=1S/C15H19F2N5O/c1-9(8-23-11-6-4-5-10(16)7-11)19-14-21-12(15(2,3)17)20-13(18)22-14/h4-7,9H,8H2,1-3H3,(H3,18,19,20,21,22). The van der Waals surface area contributed by atoms with Crippen molar-refractivity contribution in [3.63, 3.8) is 0 Å². The van der Waals surface area contributed by atoms with Crippen molar-refractivity contribution in [2.75, 3.05) is 17.7 Å². The van der Waals surface area contributed by atoms with Gasteiger partial charge in [0, 0.05) is 6.07 Å². The molecule has 2 rings (SSSR count). The van der Waals surface area contributed by atoms with E-state index in [4.69, 9.17) is 10.5 Å². The van der Waals surface area contributed by atoms with Gasteiger partial charge < -0.3 is 15.8 Å². The number of rotatable bonds is 6. The van der Waals surface area contributed by atoms with Crippen LogP contribution >= 0.6 is 0 Å². The van der Waals surface area contributed by atoms with E-state index in [1.165, 1.54) is 26.0 Å². The Morgan fingerprint density at radius 3 is 2.70 bits per heavy atom. The number of hydrogen-bond acceptors (Lipinski definition) is 6. The average molecular weight is 323 g/mol. The molecular formula is C15H19F2N5O. The molecule has 0 aliphatic carbocycles. The number of nitrogens with zero attached hydrogens (tertiary/aromatic N) is 3. The number of anilines is 2. The first-order valence-electron chi connectivity index (χ1n) is 7.10. The number of alkyl halides is 1. The predicted octanol–water partition coefficient (Wildman–Crippen LogP) is 2.68. The summed E-state index contributed by atoms with van der Waals surface area (Å²) in [5.41, 5.74) is 3.84. The summed E-state index contributed by atoms with van der Waals surface area (Å²) in [5.74, 6) is 0.0864. The summed E-state index contributed by atoms with van der Waals surface area (Å²) in [6, 6.07) is 5.63. The fourth-order valence-corrected chi connectivity index (χ4v) is 1.76. The molecule has 0 aliphatic heterocycles. The first-order valence-corrected chi connectivity index (χ1v) is 7.10. The van der Waals surface area contributed by atoms with E-state index >= 15 is 0 Å². The summed E-state index contributed by atoms with van der Waals surface area (Å²) in [4.78, 5) is 11.7. The lowest BCUT2D eigenvalue weighted by Crippen LogP contribution is -2.26. The number of ether oxygens (including phenoxy) is 1. The van der Waals surface area contributed by atoms with Crippen LogP contribution in [0.2, 0.25) is 0 Å². The van der Waals surface area contributed by atoms with E-state index in [1.807, 2.05) is 6.92 Å². The van der Waals surface area contributed by atoms with E-state index in [-0.39, 0.29) is 36.2 Å². The van der Waals surface area contributed by atoms with Crippen molar-refractivity contribution in [3.05, 3.63) is 35.9 Å². The van der Waals surface area contributed by atoms with Crippen LogP contribution in [0.3, 0.4) is 0 Å². The van der Waals surface area contributed by atoms with Gasteiger partial charge in [-0.15, -0.1) is 0 Å². The summed E-state index contributed by atoms with van der Waals surface area (Å²) in [5, 5.41) is 2.95. The van der Waals surface area contributed by atoms with Gasteiger partial charge in [-0.25, -0.2) is 8.78 Å². The SMILES string of the molecule is CC(COc1cccc(F)c1)Nc1nc(N)nc(C(C)(C)F)n1. The lowest BCUT2D eigenvalue weighted by atomic mass is 10.1. The number of aromatic nitrogens is 3. The van der Waals surface area contributed by atoms with Crippen LogP contribution in [0.15, 0.2) is 24.3 Å². The van der Waals surface area contributed by atoms with Crippen molar-refractivity contribution < 1.29 is 13.5 Å². The number of halogens is 2. The Morgan fingerprint density at radius 2 is 2.04 bits per heavy atom. The summed E-state index contributed by atoms with van der Waals surface area (Å²) >= 11 is 0. The molecule has 0 fully saturated rings. The summed E-state index contributed by atoms with van der Waals surface area (Å²) in [6.07, 6.45) is 0. The van der Waals surface area contributed by atoms with Crippen molar-refractivity contribution in [1.82, 2.24) is 15.0 Å². The molecule has 0 spiro atoms. The average Bonchev–Trinajstić information content (AvgIpc) is 2.44. The van der Waals surface area contributed by atoms with Crippen LogP contribution in [0.4, 0.5) is 20.7 Å². The molecule has 0 bridgehead atoms. The normalized spacial score (nSPS) is 12.7. The van der Waals surface area contributed by atoms with Gasteiger partial charge in [-0.05, 0) is 32.9 Å².